The van der Waals surface area contributed by atoms with Crippen molar-refractivity contribution in [2.24, 2.45) is 0 Å². The molecule has 0 spiro atoms. The predicted molar refractivity (Wildman–Crippen MR) is 111 cm³/mol. The lowest BCUT2D eigenvalue weighted by atomic mass is 10.2. The van der Waals surface area contributed by atoms with E-state index in [0.29, 0.717) is 6.61 Å². The fourth-order valence-corrected chi connectivity index (χ4v) is 3.42. The fourth-order valence-electron chi connectivity index (χ4n) is 3.42. The van der Waals surface area contributed by atoms with Crippen molar-refractivity contribution in [1.82, 2.24) is 9.97 Å². The summed E-state index contributed by atoms with van der Waals surface area (Å²) in [5.74, 6) is 1.67. The van der Waals surface area contributed by atoms with Gasteiger partial charge in [-0.05, 0) is 24.3 Å². The van der Waals surface area contributed by atoms with Gasteiger partial charge in [0.25, 0.3) is 0 Å². The van der Waals surface area contributed by atoms with Gasteiger partial charge >= 0.3 is 0 Å². The van der Waals surface area contributed by atoms with Crippen molar-refractivity contribution in [2.45, 2.75) is 0 Å². The second kappa shape index (κ2) is 8.22. The molecule has 0 amide bonds. The van der Waals surface area contributed by atoms with E-state index < -0.39 is 0 Å². The van der Waals surface area contributed by atoms with Crippen LogP contribution in [0.5, 0.6) is 0 Å². The minimum atomic E-state index is 0.642. The van der Waals surface area contributed by atoms with Crippen LogP contribution >= 0.6 is 0 Å². The lowest BCUT2D eigenvalue weighted by Gasteiger charge is -2.36. The molecule has 0 radical (unpaired) electrons. The van der Waals surface area contributed by atoms with Crippen LogP contribution in [0.2, 0.25) is 0 Å². The van der Waals surface area contributed by atoms with Crippen molar-refractivity contribution in [2.75, 3.05) is 61.6 Å². The normalized spacial score (nSPS) is 14.6. The Hall–Kier alpha value is -2.86. The first-order chi connectivity index (χ1) is 13.3. The van der Waals surface area contributed by atoms with Crippen LogP contribution in [0.15, 0.2) is 54.6 Å². The van der Waals surface area contributed by atoms with Gasteiger partial charge in [0, 0.05) is 50.9 Å². The number of benzene rings is 2. The zero-order valence-electron chi connectivity index (χ0n) is 15.6. The lowest BCUT2D eigenvalue weighted by molar-refractivity contribution is 0.210. The van der Waals surface area contributed by atoms with Crippen LogP contribution in [0.3, 0.4) is 0 Å². The monoisotopic (exact) mass is 363 g/mol. The fraction of sp³-hybridized carbons (Fsp3) is 0.333. The number of fused-ring (bicyclic) bond motifs is 1. The summed E-state index contributed by atoms with van der Waals surface area (Å²) < 4.78 is 5.15. The number of ether oxygens (including phenoxy) is 1. The van der Waals surface area contributed by atoms with Gasteiger partial charge in [0.15, 0.2) is 0 Å². The Morgan fingerprint density at radius 2 is 1.59 bits per heavy atom. The van der Waals surface area contributed by atoms with Gasteiger partial charge < -0.3 is 19.9 Å². The smallest absolute Gasteiger partial charge is 0.228 e. The van der Waals surface area contributed by atoms with Gasteiger partial charge in [-0.2, -0.15) is 4.98 Å². The molecule has 1 saturated heterocycles. The molecule has 1 aliphatic rings. The van der Waals surface area contributed by atoms with Crippen LogP contribution in [0.4, 0.5) is 17.5 Å². The third-order valence-corrected chi connectivity index (χ3v) is 4.87. The average Bonchev–Trinajstić information content (AvgIpc) is 2.74. The SMILES string of the molecule is COCCNc1nc(N2CCN(c3ccccc3)CC2)nc2ccccc12. The summed E-state index contributed by atoms with van der Waals surface area (Å²) in [6.45, 7) is 5.11. The molecule has 0 aliphatic carbocycles. The van der Waals surface area contributed by atoms with Crippen molar-refractivity contribution in [3.05, 3.63) is 54.6 Å². The van der Waals surface area contributed by atoms with E-state index in [9.17, 15) is 0 Å². The molecule has 1 N–H and O–H groups in total. The largest absolute Gasteiger partial charge is 0.383 e. The number of methoxy groups -OCH3 is 1. The quantitative estimate of drug-likeness (QED) is 0.680. The molecule has 3 aromatic rings. The van der Waals surface area contributed by atoms with Crippen LogP contribution < -0.4 is 15.1 Å². The van der Waals surface area contributed by atoms with Gasteiger partial charge in [0.05, 0.1) is 12.1 Å². The molecule has 2 aromatic carbocycles. The molecule has 2 heterocycles. The second-order valence-electron chi connectivity index (χ2n) is 6.62. The summed E-state index contributed by atoms with van der Waals surface area (Å²) in [5.41, 5.74) is 2.24. The Morgan fingerprint density at radius 1 is 0.889 bits per heavy atom. The van der Waals surface area contributed by atoms with Crippen LogP contribution in [-0.4, -0.2) is 56.4 Å². The number of anilines is 3. The molecular weight excluding hydrogens is 338 g/mol. The highest BCUT2D eigenvalue weighted by Gasteiger charge is 2.20. The zero-order chi connectivity index (χ0) is 18.5. The summed E-state index contributed by atoms with van der Waals surface area (Å²) >= 11 is 0. The molecule has 6 heteroatoms. The molecule has 0 bridgehead atoms. The Balaban J connectivity index is 1.53. The molecular formula is C21H25N5O. The number of para-hydroxylation sites is 2. The highest BCUT2D eigenvalue weighted by molar-refractivity contribution is 5.90. The topological polar surface area (TPSA) is 53.5 Å². The predicted octanol–water partition coefficient (Wildman–Crippen LogP) is 3.01. The maximum absolute atomic E-state index is 5.15. The van der Waals surface area contributed by atoms with Crippen LogP contribution in [0, 0.1) is 0 Å². The van der Waals surface area contributed by atoms with Gasteiger partial charge in [0.1, 0.15) is 5.82 Å². The van der Waals surface area contributed by atoms with Crippen molar-refractivity contribution < 1.29 is 4.74 Å². The molecule has 27 heavy (non-hydrogen) atoms. The Morgan fingerprint density at radius 3 is 2.37 bits per heavy atom. The second-order valence-corrected chi connectivity index (χ2v) is 6.62. The number of nitrogens with zero attached hydrogens (tertiary/aromatic N) is 4. The number of hydrogen-bond acceptors (Lipinski definition) is 6. The van der Waals surface area contributed by atoms with E-state index in [4.69, 9.17) is 14.7 Å². The molecule has 1 aromatic heterocycles. The molecule has 0 atom stereocenters. The van der Waals surface area contributed by atoms with Crippen LogP contribution in [-0.2, 0) is 4.74 Å². The zero-order valence-corrected chi connectivity index (χ0v) is 15.6. The third-order valence-electron chi connectivity index (χ3n) is 4.87. The van der Waals surface area contributed by atoms with Gasteiger partial charge in [0.2, 0.25) is 5.95 Å². The Bertz CT molecular complexity index is 878. The lowest BCUT2D eigenvalue weighted by Crippen LogP contribution is -2.47. The molecule has 140 valence electrons. The summed E-state index contributed by atoms with van der Waals surface area (Å²) in [5, 5.41) is 4.43. The van der Waals surface area contributed by atoms with E-state index in [2.05, 4.69) is 51.5 Å². The van der Waals surface area contributed by atoms with E-state index in [-0.39, 0.29) is 0 Å². The van der Waals surface area contributed by atoms with E-state index in [0.717, 1.165) is 55.4 Å². The van der Waals surface area contributed by atoms with Crippen molar-refractivity contribution in [3.8, 4) is 0 Å². The molecule has 0 unspecified atom stereocenters. The van der Waals surface area contributed by atoms with E-state index in [1.165, 1.54) is 5.69 Å². The first-order valence-corrected chi connectivity index (χ1v) is 9.40. The number of rotatable bonds is 6. The van der Waals surface area contributed by atoms with Gasteiger partial charge in [-0.3, -0.25) is 0 Å². The van der Waals surface area contributed by atoms with E-state index in [1.807, 2.05) is 18.2 Å². The molecule has 6 nitrogen and oxygen atoms in total. The van der Waals surface area contributed by atoms with Gasteiger partial charge in [-0.15, -0.1) is 0 Å². The van der Waals surface area contributed by atoms with E-state index >= 15 is 0 Å². The molecule has 0 saturated carbocycles. The van der Waals surface area contributed by atoms with E-state index in [1.54, 1.807) is 7.11 Å². The molecule has 4 rings (SSSR count). The highest BCUT2D eigenvalue weighted by atomic mass is 16.5. The minimum Gasteiger partial charge on any atom is -0.383 e. The standard InChI is InChI=1S/C21H25N5O/c1-27-16-11-22-20-18-9-5-6-10-19(18)23-21(24-20)26-14-12-25(13-15-26)17-7-3-2-4-8-17/h2-10H,11-16H2,1H3,(H,22,23,24). The van der Waals surface area contributed by atoms with Crippen LogP contribution in [0.25, 0.3) is 10.9 Å². The Kier molecular flexibility index (Phi) is 5.34. The van der Waals surface area contributed by atoms with Gasteiger partial charge in [-0.1, -0.05) is 30.3 Å². The van der Waals surface area contributed by atoms with Gasteiger partial charge in [-0.25, -0.2) is 4.98 Å². The first-order valence-electron chi connectivity index (χ1n) is 9.40. The maximum atomic E-state index is 5.15. The first kappa shape index (κ1) is 17.5. The minimum absolute atomic E-state index is 0.642. The number of piperazine rings is 1. The van der Waals surface area contributed by atoms with Crippen molar-refractivity contribution in [1.29, 1.82) is 0 Å². The summed E-state index contributed by atoms with van der Waals surface area (Å²) in [4.78, 5) is 14.3. The number of hydrogen-bond donors (Lipinski definition) is 1. The molecule has 1 aliphatic heterocycles. The summed E-state index contributed by atoms with van der Waals surface area (Å²) in [7, 11) is 1.71. The number of aromatic nitrogens is 2. The maximum Gasteiger partial charge on any atom is 0.228 e. The summed E-state index contributed by atoms with van der Waals surface area (Å²) in [6.07, 6.45) is 0. The third kappa shape index (κ3) is 3.95. The highest BCUT2D eigenvalue weighted by Crippen LogP contribution is 2.25. The van der Waals surface area contributed by atoms with Crippen LogP contribution in [0.1, 0.15) is 0 Å². The molecule has 1 fully saturated rings. The number of nitrogens with one attached hydrogen (secondary N) is 1. The van der Waals surface area contributed by atoms with Crippen molar-refractivity contribution >= 4 is 28.4 Å². The average molecular weight is 363 g/mol. The Labute approximate surface area is 159 Å². The van der Waals surface area contributed by atoms with Crippen molar-refractivity contribution in [3.63, 3.8) is 0 Å². The summed E-state index contributed by atoms with van der Waals surface area (Å²) in [6, 6.07) is 18.7.